The highest BCUT2D eigenvalue weighted by atomic mass is 31.1. The van der Waals surface area contributed by atoms with E-state index in [1.54, 1.807) is 6.08 Å². The molecule has 0 aliphatic heterocycles. The van der Waals surface area contributed by atoms with E-state index in [0.717, 1.165) is 0 Å². The van der Waals surface area contributed by atoms with E-state index in [-0.39, 0.29) is 0 Å². The van der Waals surface area contributed by atoms with Gasteiger partial charge >= 0.3 is 8.03 Å². The van der Waals surface area contributed by atoms with Crippen LogP contribution in [0.25, 0.3) is 0 Å². The van der Waals surface area contributed by atoms with Crippen LogP contribution in [-0.2, 0) is 9.09 Å². The van der Waals surface area contributed by atoms with Crippen LogP contribution in [0.1, 0.15) is 0 Å². The molecule has 0 spiro atoms. The Morgan fingerprint density at radius 3 is 2.88 bits per heavy atom. The second kappa shape index (κ2) is 4.75. The van der Waals surface area contributed by atoms with Gasteiger partial charge in [-0.3, -0.25) is 4.52 Å². The topological polar surface area (TPSA) is 52.3 Å². The Kier molecular flexibility index (Phi) is 4.51. The van der Waals surface area contributed by atoms with Gasteiger partial charge in [0.25, 0.3) is 0 Å². The van der Waals surface area contributed by atoms with E-state index in [0.29, 0.717) is 6.54 Å². The first-order valence-corrected chi connectivity index (χ1v) is 3.82. The van der Waals surface area contributed by atoms with Gasteiger partial charge in [-0.25, -0.2) is 0 Å². The van der Waals surface area contributed by atoms with Gasteiger partial charge in [0.2, 0.25) is 0 Å². The molecule has 0 bridgehead atoms. The van der Waals surface area contributed by atoms with Gasteiger partial charge in [-0.15, -0.1) is 0 Å². The third kappa shape index (κ3) is 5.60. The summed E-state index contributed by atoms with van der Waals surface area (Å²) in [7, 11) is -1.50. The summed E-state index contributed by atoms with van der Waals surface area (Å²) >= 11 is 0. The lowest BCUT2D eigenvalue weighted by Gasteiger charge is -1.74. The monoisotopic (exact) mass is 134 g/mol. The first-order chi connectivity index (χ1) is 3.77. The Balaban J connectivity index is 3.16. The van der Waals surface area contributed by atoms with Crippen molar-refractivity contribution in [3.05, 3.63) is 12.3 Å². The van der Waals surface area contributed by atoms with Crippen molar-refractivity contribution in [3.8, 4) is 0 Å². The number of nitrogens with two attached hydrogens (primary N) is 1. The average molecular weight is 134 g/mol. The molecule has 2 N–H and O–H groups in total. The molecule has 0 amide bonds. The summed E-state index contributed by atoms with van der Waals surface area (Å²) in [5.41, 5.74) is 5.05. The van der Waals surface area contributed by atoms with Gasteiger partial charge in [-0.1, -0.05) is 0 Å². The molecular formula is C4H9NO2P+. The summed E-state index contributed by atoms with van der Waals surface area (Å²) in [6, 6.07) is 0. The van der Waals surface area contributed by atoms with Crippen LogP contribution in [0.4, 0.5) is 0 Å². The Morgan fingerprint density at radius 1 is 1.88 bits per heavy atom. The molecule has 0 aromatic carbocycles. The third-order valence-corrected chi connectivity index (χ3v) is 0.860. The molecule has 46 valence electrons. The fraction of sp³-hybridized carbons (Fsp3) is 0.500. The van der Waals surface area contributed by atoms with Gasteiger partial charge in [0, 0.05) is 6.54 Å². The van der Waals surface area contributed by atoms with Crippen molar-refractivity contribution in [1.29, 1.82) is 0 Å². The molecule has 8 heavy (non-hydrogen) atoms. The summed E-state index contributed by atoms with van der Waals surface area (Å²) in [5.74, 6) is 0. The number of hydrogen-bond acceptors (Lipinski definition) is 3. The summed E-state index contributed by atoms with van der Waals surface area (Å²) in [6.45, 7) is 1.90. The minimum atomic E-state index is -1.50. The number of rotatable bonds is 3. The normalized spacial score (nSPS) is 12.0. The maximum atomic E-state index is 10.2. The van der Waals surface area contributed by atoms with Crippen molar-refractivity contribution in [1.82, 2.24) is 0 Å². The second-order valence-electron chi connectivity index (χ2n) is 1.15. The SMILES string of the molecule is C[P+](=O)OC=CCN. The van der Waals surface area contributed by atoms with Gasteiger partial charge in [0.05, 0.1) is 0 Å². The zero-order chi connectivity index (χ0) is 6.41. The molecular weight excluding hydrogens is 125 g/mol. The predicted molar refractivity (Wildman–Crippen MR) is 32.8 cm³/mol. The van der Waals surface area contributed by atoms with E-state index in [1.165, 1.54) is 12.9 Å². The van der Waals surface area contributed by atoms with E-state index in [2.05, 4.69) is 4.52 Å². The predicted octanol–water partition coefficient (Wildman–Crippen LogP) is 0.848. The Bertz CT molecular complexity index is 102. The minimum absolute atomic E-state index is 0.420. The van der Waals surface area contributed by atoms with Crippen LogP contribution in [0.2, 0.25) is 0 Å². The van der Waals surface area contributed by atoms with Crippen molar-refractivity contribution < 1.29 is 9.09 Å². The van der Waals surface area contributed by atoms with E-state index in [4.69, 9.17) is 5.73 Å². The third-order valence-electron chi connectivity index (χ3n) is 0.442. The zero-order valence-corrected chi connectivity index (χ0v) is 5.60. The lowest BCUT2D eigenvalue weighted by atomic mass is 10.6. The fourth-order valence-electron chi connectivity index (χ4n) is 0.184. The van der Waals surface area contributed by atoms with Crippen LogP contribution in [0, 0.1) is 0 Å². The molecule has 1 atom stereocenters. The standard InChI is InChI=1S/C4H9NO2P/c1-8(6)7-4-2-3-5/h2,4H,3,5H2,1H3/q+1. The first kappa shape index (κ1) is 7.60. The second-order valence-corrected chi connectivity index (χ2v) is 2.24. The summed E-state index contributed by atoms with van der Waals surface area (Å²) in [4.78, 5) is 0. The van der Waals surface area contributed by atoms with Crippen LogP contribution >= 0.6 is 8.03 Å². The van der Waals surface area contributed by atoms with Crippen LogP contribution in [0.3, 0.4) is 0 Å². The lowest BCUT2D eigenvalue weighted by Crippen LogP contribution is -1.91. The maximum absolute atomic E-state index is 10.2. The van der Waals surface area contributed by atoms with E-state index in [9.17, 15) is 4.57 Å². The molecule has 0 fully saturated rings. The zero-order valence-electron chi connectivity index (χ0n) is 4.70. The molecule has 0 rings (SSSR count). The molecule has 0 aromatic rings. The van der Waals surface area contributed by atoms with Crippen LogP contribution < -0.4 is 5.73 Å². The minimum Gasteiger partial charge on any atom is -0.327 e. The van der Waals surface area contributed by atoms with Gasteiger partial charge in [0.1, 0.15) is 6.26 Å². The Hall–Kier alpha value is -0.400. The molecule has 0 aromatic heterocycles. The first-order valence-electron chi connectivity index (χ1n) is 2.20. The molecule has 0 radical (unpaired) electrons. The van der Waals surface area contributed by atoms with Crippen molar-refractivity contribution in [2.45, 2.75) is 0 Å². The van der Waals surface area contributed by atoms with Crippen molar-refractivity contribution in [2.75, 3.05) is 13.2 Å². The maximum Gasteiger partial charge on any atom is 0.552 e. The van der Waals surface area contributed by atoms with E-state index < -0.39 is 8.03 Å². The van der Waals surface area contributed by atoms with Crippen LogP contribution in [-0.4, -0.2) is 13.2 Å². The highest BCUT2D eigenvalue weighted by Crippen LogP contribution is 2.14. The average Bonchev–Trinajstić information content (AvgIpc) is 1.66. The van der Waals surface area contributed by atoms with E-state index >= 15 is 0 Å². The molecule has 0 aliphatic carbocycles. The fourth-order valence-corrected chi connectivity index (χ4v) is 0.442. The van der Waals surface area contributed by atoms with Crippen molar-refractivity contribution in [2.24, 2.45) is 5.73 Å². The molecule has 1 unspecified atom stereocenters. The van der Waals surface area contributed by atoms with Gasteiger partial charge in [0.15, 0.2) is 6.66 Å². The summed E-state index contributed by atoms with van der Waals surface area (Å²) in [6.07, 6.45) is 2.94. The highest BCUT2D eigenvalue weighted by molar-refractivity contribution is 7.38. The highest BCUT2D eigenvalue weighted by Gasteiger charge is 1.99. The molecule has 0 saturated heterocycles. The van der Waals surface area contributed by atoms with Crippen molar-refractivity contribution >= 4 is 8.03 Å². The lowest BCUT2D eigenvalue weighted by molar-refractivity contribution is 0.467. The van der Waals surface area contributed by atoms with Gasteiger partial charge < -0.3 is 5.73 Å². The number of hydrogen-bond donors (Lipinski definition) is 1. The van der Waals surface area contributed by atoms with Gasteiger partial charge in [-0.05, 0) is 10.6 Å². The van der Waals surface area contributed by atoms with Crippen LogP contribution in [0.5, 0.6) is 0 Å². The van der Waals surface area contributed by atoms with E-state index in [1.807, 2.05) is 0 Å². The summed E-state index contributed by atoms with van der Waals surface area (Å²) < 4.78 is 14.7. The quantitative estimate of drug-likeness (QED) is 0.459. The Morgan fingerprint density at radius 2 is 2.50 bits per heavy atom. The van der Waals surface area contributed by atoms with Crippen molar-refractivity contribution in [3.63, 3.8) is 0 Å². The van der Waals surface area contributed by atoms with Gasteiger partial charge in [-0.2, -0.15) is 0 Å². The van der Waals surface area contributed by atoms with Crippen LogP contribution in [0.15, 0.2) is 12.3 Å². The smallest absolute Gasteiger partial charge is 0.327 e. The summed E-state index contributed by atoms with van der Waals surface area (Å²) in [5, 5.41) is 0. The molecule has 0 heterocycles. The Labute approximate surface area is 49.4 Å². The molecule has 4 heteroatoms. The largest absolute Gasteiger partial charge is 0.552 e. The molecule has 0 saturated carbocycles. The molecule has 0 aliphatic rings. The molecule has 3 nitrogen and oxygen atoms in total.